The third-order valence-corrected chi connectivity index (χ3v) is 3.53. The molecule has 0 aliphatic rings. The van der Waals surface area contributed by atoms with E-state index in [-0.39, 0.29) is 0 Å². The van der Waals surface area contributed by atoms with Gasteiger partial charge >= 0.3 is 0 Å². The van der Waals surface area contributed by atoms with Gasteiger partial charge in [-0.15, -0.1) is 0 Å². The normalized spacial score (nSPS) is 13.0. The first-order chi connectivity index (χ1) is 9.04. The minimum atomic E-state index is -0.704. The maximum atomic E-state index is 10.1. The molecule has 0 saturated carbocycles. The second kappa shape index (κ2) is 7.25. The van der Waals surface area contributed by atoms with Crippen molar-refractivity contribution in [3.63, 3.8) is 0 Å². The highest BCUT2D eigenvalue weighted by atomic mass is 16.3. The van der Waals surface area contributed by atoms with Gasteiger partial charge in [0.15, 0.2) is 0 Å². The van der Waals surface area contributed by atoms with Gasteiger partial charge in [-0.25, -0.2) is 0 Å². The highest BCUT2D eigenvalue weighted by molar-refractivity contribution is 5.32. The first-order valence-corrected chi connectivity index (χ1v) is 6.66. The van der Waals surface area contributed by atoms with Crippen molar-refractivity contribution in [3.05, 3.63) is 35.4 Å². The zero-order valence-corrected chi connectivity index (χ0v) is 11.6. The molecule has 1 aromatic carbocycles. The second-order valence-electron chi connectivity index (χ2n) is 4.81. The standard InChI is InChI=1S/C15H22N2O2/c1-3-15(19,4-2)11-17-10-14(18)13-7-5-12(9-16)6-8-13/h5-8,14,17-19H,3-4,10-11H2,1-2H3. The molecule has 19 heavy (non-hydrogen) atoms. The molecule has 0 aromatic heterocycles. The van der Waals surface area contributed by atoms with Gasteiger partial charge in [-0.05, 0) is 30.5 Å². The van der Waals surface area contributed by atoms with Crippen molar-refractivity contribution < 1.29 is 10.2 Å². The summed E-state index contributed by atoms with van der Waals surface area (Å²) in [6.07, 6.45) is 0.734. The molecular weight excluding hydrogens is 240 g/mol. The lowest BCUT2D eigenvalue weighted by atomic mass is 9.97. The van der Waals surface area contributed by atoms with Gasteiger partial charge in [-0.1, -0.05) is 26.0 Å². The largest absolute Gasteiger partial charge is 0.389 e. The summed E-state index contributed by atoms with van der Waals surface area (Å²) in [6.45, 7) is 4.74. The fraction of sp³-hybridized carbons (Fsp3) is 0.533. The summed E-state index contributed by atoms with van der Waals surface area (Å²) < 4.78 is 0. The summed E-state index contributed by atoms with van der Waals surface area (Å²) in [5, 5.41) is 31.9. The topological polar surface area (TPSA) is 76.3 Å². The van der Waals surface area contributed by atoms with E-state index >= 15 is 0 Å². The van der Waals surface area contributed by atoms with Gasteiger partial charge in [-0.3, -0.25) is 0 Å². The van der Waals surface area contributed by atoms with Crippen molar-refractivity contribution in [1.82, 2.24) is 5.32 Å². The molecule has 1 rings (SSSR count). The van der Waals surface area contributed by atoms with E-state index in [1.54, 1.807) is 24.3 Å². The smallest absolute Gasteiger partial charge is 0.0991 e. The molecule has 104 valence electrons. The zero-order valence-electron chi connectivity index (χ0n) is 11.6. The fourth-order valence-corrected chi connectivity index (χ4v) is 1.84. The van der Waals surface area contributed by atoms with Crippen LogP contribution in [-0.4, -0.2) is 28.9 Å². The summed E-state index contributed by atoms with van der Waals surface area (Å²) in [7, 11) is 0. The third-order valence-electron chi connectivity index (χ3n) is 3.53. The van der Waals surface area contributed by atoms with Crippen LogP contribution in [0.1, 0.15) is 43.9 Å². The van der Waals surface area contributed by atoms with Crippen LogP contribution >= 0.6 is 0 Å². The van der Waals surface area contributed by atoms with Gasteiger partial charge in [0.25, 0.3) is 0 Å². The fourth-order valence-electron chi connectivity index (χ4n) is 1.84. The molecule has 4 heteroatoms. The molecule has 0 bridgehead atoms. The van der Waals surface area contributed by atoms with E-state index < -0.39 is 11.7 Å². The van der Waals surface area contributed by atoms with Crippen LogP contribution in [0.25, 0.3) is 0 Å². The number of nitrogens with zero attached hydrogens (tertiary/aromatic N) is 1. The lowest BCUT2D eigenvalue weighted by Gasteiger charge is -2.26. The van der Waals surface area contributed by atoms with Gasteiger partial charge in [0.1, 0.15) is 0 Å². The van der Waals surface area contributed by atoms with Crippen LogP contribution in [0, 0.1) is 11.3 Å². The van der Waals surface area contributed by atoms with Crippen LogP contribution in [-0.2, 0) is 0 Å². The first-order valence-electron chi connectivity index (χ1n) is 6.66. The third kappa shape index (κ3) is 4.64. The van der Waals surface area contributed by atoms with Crippen molar-refractivity contribution in [2.75, 3.05) is 13.1 Å². The molecule has 0 heterocycles. The highest BCUT2D eigenvalue weighted by Gasteiger charge is 2.21. The Labute approximate surface area is 114 Å². The number of benzene rings is 1. The quantitative estimate of drug-likeness (QED) is 0.699. The number of hydrogen-bond donors (Lipinski definition) is 3. The van der Waals surface area contributed by atoms with E-state index in [0.717, 1.165) is 5.56 Å². The minimum absolute atomic E-state index is 0.383. The second-order valence-corrected chi connectivity index (χ2v) is 4.81. The molecule has 0 aliphatic carbocycles. The Bertz CT molecular complexity index is 419. The Morgan fingerprint density at radius 3 is 2.32 bits per heavy atom. The molecule has 0 aliphatic heterocycles. The number of nitrogens with one attached hydrogen (secondary N) is 1. The molecule has 0 fully saturated rings. The van der Waals surface area contributed by atoms with Crippen LogP contribution in [0.3, 0.4) is 0 Å². The molecule has 1 unspecified atom stereocenters. The summed E-state index contributed by atoms with van der Waals surface area (Å²) in [6, 6.07) is 8.91. The number of nitriles is 1. The van der Waals surface area contributed by atoms with Crippen molar-refractivity contribution in [2.45, 2.75) is 38.4 Å². The van der Waals surface area contributed by atoms with E-state index in [4.69, 9.17) is 5.26 Å². The molecule has 1 atom stereocenters. The lowest BCUT2D eigenvalue weighted by Crippen LogP contribution is -2.40. The number of aliphatic hydroxyl groups is 2. The van der Waals surface area contributed by atoms with E-state index in [9.17, 15) is 10.2 Å². The van der Waals surface area contributed by atoms with Crippen molar-refractivity contribution in [3.8, 4) is 6.07 Å². The summed E-state index contributed by atoms with van der Waals surface area (Å²) in [4.78, 5) is 0. The molecule has 0 radical (unpaired) electrons. The number of hydrogen-bond acceptors (Lipinski definition) is 4. The SMILES string of the molecule is CCC(O)(CC)CNCC(O)c1ccc(C#N)cc1. The van der Waals surface area contributed by atoms with E-state index in [0.29, 0.717) is 31.5 Å². The van der Waals surface area contributed by atoms with Crippen molar-refractivity contribution in [2.24, 2.45) is 0 Å². The average Bonchev–Trinajstić information content (AvgIpc) is 2.47. The van der Waals surface area contributed by atoms with E-state index in [2.05, 4.69) is 5.32 Å². The van der Waals surface area contributed by atoms with E-state index in [1.165, 1.54) is 0 Å². The van der Waals surface area contributed by atoms with E-state index in [1.807, 2.05) is 19.9 Å². The zero-order chi connectivity index (χ0) is 14.3. The lowest BCUT2D eigenvalue weighted by molar-refractivity contribution is 0.0293. The van der Waals surface area contributed by atoms with Gasteiger partial charge in [-0.2, -0.15) is 5.26 Å². The Morgan fingerprint density at radius 1 is 1.26 bits per heavy atom. The van der Waals surface area contributed by atoms with Crippen LogP contribution in [0.2, 0.25) is 0 Å². The minimum Gasteiger partial charge on any atom is -0.389 e. The molecule has 0 saturated heterocycles. The Balaban J connectivity index is 2.47. The van der Waals surface area contributed by atoms with Gasteiger partial charge in [0.2, 0.25) is 0 Å². The molecule has 1 aromatic rings. The maximum Gasteiger partial charge on any atom is 0.0991 e. The van der Waals surface area contributed by atoms with Crippen LogP contribution in [0.5, 0.6) is 0 Å². The van der Waals surface area contributed by atoms with Gasteiger partial charge in [0, 0.05) is 13.1 Å². The maximum absolute atomic E-state index is 10.1. The molecule has 0 amide bonds. The van der Waals surface area contributed by atoms with Crippen LogP contribution in [0.15, 0.2) is 24.3 Å². The molecule has 3 N–H and O–H groups in total. The van der Waals surface area contributed by atoms with Crippen molar-refractivity contribution in [1.29, 1.82) is 5.26 Å². The Morgan fingerprint density at radius 2 is 1.84 bits per heavy atom. The Kier molecular flexibility index (Phi) is 5.97. The molecule has 0 spiro atoms. The van der Waals surface area contributed by atoms with Crippen molar-refractivity contribution >= 4 is 0 Å². The monoisotopic (exact) mass is 262 g/mol. The summed E-state index contributed by atoms with van der Waals surface area (Å²) in [5.74, 6) is 0. The Hall–Kier alpha value is -1.41. The number of aliphatic hydroxyl groups excluding tert-OH is 1. The van der Waals surface area contributed by atoms with Crippen LogP contribution < -0.4 is 5.32 Å². The van der Waals surface area contributed by atoms with Gasteiger partial charge < -0.3 is 15.5 Å². The summed E-state index contributed by atoms with van der Waals surface area (Å²) in [5.41, 5.74) is 0.642. The predicted octanol–water partition coefficient (Wildman–Crippen LogP) is 1.73. The first kappa shape index (κ1) is 15.6. The van der Waals surface area contributed by atoms with Gasteiger partial charge in [0.05, 0.1) is 23.3 Å². The molecular formula is C15H22N2O2. The number of rotatable bonds is 7. The molecule has 4 nitrogen and oxygen atoms in total. The average molecular weight is 262 g/mol. The highest BCUT2D eigenvalue weighted by Crippen LogP contribution is 2.15. The van der Waals surface area contributed by atoms with Crippen LogP contribution in [0.4, 0.5) is 0 Å². The predicted molar refractivity (Wildman–Crippen MR) is 74.5 cm³/mol. The summed E-state index contributed by atoms with van der Waals surface area (Å²) >= 11 is 0.